The predicted octanol–water partition coefficient (Wildman–Crippen LogP) is 32.1. The minimum Gasteiger partial charge on any atom is -0.395 e. The van der Waals surface area contributed by atoms with Crippen LogP contribution in [0, 0.1) is 5.41 Å². The first-order valence-electron chi connectivity index (χ1n) is 49.9. The third kappa shape index (κ3) is 91.3. The number of aliphatic hydroxyl groups excluding tert-OH is 3. The molecule has 0 fully saturated rings. The molecule has 0 aliphatic rings. The van der Waals surface area contributed by atoms with Gasteiger partial charge in [-0.1, -0.05) is 529 Å². The molecule has 8 N–H and O–H groups in total. The molecule has 0 saturated carbocycles. The summed E-state index contributed by atoms with van der Waals surface area (Å²) >= 11 is 0. The van der Waals surface area contributed by atoms with Gasteiger partial charge in [0.05, 0.1) is 50.7 Å². The van der Waals surface area contributed by atoms with Gasteiger partial charge in [0.1, 0.15) is 0 Å². The van der Waals surface area contributed by atoms with Crippen LogP contribution in [0.5, 0.6) is 0 Å². The van der Waals surface area contributed by atoms with E-state index in [0.717, 1.165) is 64.2 Å². The standard InChI is InChI=1S/C54H111O4P.C41H84O4.H4O7P2/c1-4-7-10-13-16-19-22-25-28-31-34-37-40-43-46-49-52-56-59(55,57-53-50-47-44-41-38-35-32-29-26-23-20-17-14-11-8-5-2)58-54-51-48-45-42-39-36-33-30-27-24-21-18-15-12-9-6-3;1-3-5-7-9-11-13-15-17-19-21-23-25-27-29-31-33-35-41(45,40(37-42,38-43)39-44)36-34-32-30-28-26-24-22-20-18-16-14-12-10-8-6-4-2;1-8(2,3)7-9(4,5)6/h4-54H2,1-3H3;42-45H,3-39H2,1-2H3;(H2,1,2,3)(H2,4,5,6). The summed E-state index contributed by atoms with van der Waals surface area (Å²) in [5, 5.41) is 42.0. The summed E-state index contributed by atoms with van der Waals surface area (Å²) < 4.78 is 53.6. The van der Waals surface area contributed by atoms with Crippen molar-refractivity contribution < 1.29 is 71.6 Å². The highest BCUT2D eigenvalue weighted by atomic mass is 31.3. The van der Waals surface area contributed by atoms with Crippen molar-refractivity contribution in [3.8, 4) is 0 Å². The average Bonchev–Trinajstić information content (AvgIpc) is 0.794. The lowest BCUT2D eigenvalue weighted by Gasteiger charge is -2.44. The van der Waals surface area contributed by atoms with Crippen molar-refractivity contribution in [1.82, 2.24) is 0 Å². The van der Waals surface area contributed by atoms with E-state index < -0.39 is 34.5 Å². The van der Waals surface area contributed by atoms with Gasteiger partial charge in [-0.25, -0.2) is 13.7 Å². The van der Waals surface area contributed by atoms with E-state index in [1.54, 1.807) is 0 Å². The Morgan fingerprint density at radius 3 is 0.442 bits per heavy atom. The zero-order valence-corrected chi connectivity index (χ0v) is 78.7. The maximum atomic E-state index is 13.6. The molecular formula is C95H199O15P3. The Hall–Kier alpha value is 0.210. The number of unbranched alkanes of at least 4 members (excludes halogenated alkanes) is 75. The van der Waals surface area contributed by atoms with E-state index in [4.69, 9.17) is 33.1 Å². The normalized spacial score (nSPS) is 12.3. The summed E-state index contributed by atoms with van der Waals surface area (Å²) in [7, 11) is -13.6. The third-order valence-electron chi connectivity index (χ3n) is 23.7. The lowest BCUT2D eigenvalue weighted by molar-refractivity contribution is -0.162. The van der Waals surface area contributed by atoms with Crippen LogP contribution in [0.3, 0.4) is 0 Å². The Balaban J connectivity index is -0.00000198. The van der Waals surface area contributed by atoms with Gasteiger partial charge in [-0.2, -0.15) is 4.31 Å². The van der Waals surface area contributed by atoms with Crippen molar-refractivity contribution in [2.75, 3.05) is 39.6 Å². The largest absolute Gasteiger partial charge is 0.478 e. The van der Waals surface area contributed by atoms with E-state index in [0.29, 0.717) is 32.7 Å². The van der Waals surface area contributed by atoms with Crippen molar-refractivity contribution in [2.24, 2.45) is 5.41 Å². The Kier molecular flexibility index (Phi) is 96.5. The van der Waals surface area contributed by atoms with Gasteiger partial charge in [-0.15, -0.1) is 0 Å². The molecule has 113 heavy (non-hydrogen) atoms. The summed E-state index contributed by atoms with van der Waals surface area (Å²) in [5.41, 5.74) is -2.44. The zero-order valence-electron chi connectivity index (χ0n) is 76.0. The fourth-order valence-electron chi connectivity index (χ4n) is 15.9. The fourth-order valence-corrected chi connectivity index (χ4v) is 18.3. The van der Waals surface area contributed by atoms with Crippen LogP contribution in [0.25, 0.3) is 0 Å². The van der Waals surface area contributed by atoms with Crippen LogP contribution in [0.1, 0.15) is 561 Å². The molecule has 0 unspecified atom stereocenters. The topological polar surface area (TPSA) is 250 Å². The van der Waals surface area contributed by atoms with Crippen LogP contribution in [-0.2, 0) is 31.6 Å². The number of phosphoric ester groups is 1. The lowest BCUT2D eigenvalue weighted by Crippen LogP contribution is -2.55. The van der Waals surface area contributed by atoms with Gasteiger partial charge in [-0.05, 0) is 32.1 Å². The van der Waals surface area contributed by atoms with Crippen molar-refractivity contribution >= 4 is 23.5 Å². The van der Waals surface area contributed by atoms with Gasteiger partial charge in [-0.3, -0.25) is 13.6 Å². The second-order valence-corrected chi connectivity index (χ2v) is 39.1. The first-order chi connectivity index (χ1) is 54.9. The lowest BCUT2D eigenvalue weighted by atomic mass is 9.68. The summed E-state index contributed by atoms with van der Waals surface area (Å²) in [5.74, 6) is 0. The minimum absolute atomic E-state index is 0.381. The molecule has 0 radical (unpaired) electrons. The minimum atomic E-state index is -5.05. The van der Waals surface area contributed by atoms with E-state index in [-0.39, 0.29) is 19.8 Å². The number of rotatable bonds is 94. The average molecular weight is 1670 g/mol. The van der Waals surface area contributed by atoms with Crippen LogP contribution in [-0.4, -0.2) is 85.2 Å². The molecule has 0 spiro atoms. The molecule has 0 heterocycles. The molecule has 0 aromatic heterocycles. The molecule has 0 aliphatic carbocycles. The molecule has 0 rings (SSSR count). The van der Waals surface area contributed by atoms with Gasteiger partial charge in [0.25, 0.3) is 0 Å². The van der Waals surface area contributed by atoms with Gasteiger partial charge < -0.3 is 40.0 Å². The third-order valence-corrected chi connectivity index (χ3v) is 26.9. The monoisotopic (exact) mass is 1670 g/mol. The van der Waals surface area contributed by atoms with Crippen molar-refractivity contribution in [3.63, 3.8) is 0 Å². The van der Waals surface area contributed by atoms with Crippen molar-refractivity contribution in [2.45, 2.75) is 567 Å². The SMILES string of the molecule is CCCCCCCCCCCCCCCCCCC(O)(CCCCCCCCCCCCCCCCCC)C(CO)(CO)CO.CCCCCCCCCCCCCCCCCCOP(=O)(OCCCCCCCCCCCCCCCCCC)OCCCCCCCCCCCCCCCCCC.O=P(O)(O)OP(=O)(O)O. The van der Waals surface area contributed by atoms with Crippen LogP contribution >= 0.6 is 23.5 Å². The van der Waals surface area contributed by atoms with E-state index in [2.05, 4.69) is 38.9 Å². The molecule has 0 aromatic rings. The van der Waals surface area contributed by atoms with E-state index >= 15 is 0 Å². The van der Waals surface area contributed by atoms with Crippen molar-refractivity contribution in [3.05, 3.63) is 0 Å². The Morgan fingerprint density at radius 1 is 0.204 bits per heavy atom. The van der Waals surface area contributed by atoms with Gasteiger partial charge >= 0.3 is 23.5 Å². The Labute approximate surface area is 703 Å². The summed E-state index contributed by atoms with van der Waals surface area (Å²) in [6.07, 6.45) is 108. The predicted molar refractivity (Wildman–Crippen MR) is 486 cm³/mol. The maximum Gasteiger partial charge on any atom is 0.478 e. The highest BCUT2D eigenvalue weighted by Crippen LogP contribution is 2.54. The number of hydrogen-bond acceptors (Lipinski definition) is 11. The van der Waals surface area contributed by atoms with E-state index in [9.17, 15) is 34.1 Å². The number of aliphatic hydroxyl groups is 4. The first-order valence-corrected chi connectivity index (χ1v) is 54.4. The molecule has 0 aromatic carbocycles. The molecule has 0 amide bonds. The smallest absolute Gasteiger partial charge is 0.395 e. The van der Waals surface area contributed by atoms with E-state index in [1.165, 1.54) is 449 Å². The number of hydrogen-bond donors (Lipinski definition) is 8. The molecule has 0 saturated heterocycles. The second-order valence-electron chi connectivity index (χ2n) is 34.8. The van der Waals surface area contributed by atoms with Crippen LogP contribution in [0.2, 0.25) is 0 Å². The van der Waals surface area contributed by atoms with Crippen molar-refractivity contribution in [1.29, 1.82) is 0 Å². The molecular weight excluding hydrogens is 1470 g/mol. The summed E-state index contributed by atoms with van der Waals surface area (Å²) in [6, 6.07) is 0. The van der Waals surface area contributed by atoms with Crippen LogP contribution in [0.15, 0.2) is 0 Å². The maximum absolute atomic E-state index is 13.6. The molecule has 0 aliphatic heterocycles. The quantitative estimate of drug-likeness (QED) is 0.0208. The zero-order chi connectivity index (χ0) is 83.6. The van der Waals surface area contributed by atoms with Crippen LogP contribution < -0.4 is 0 Å². The number of phosphoric acid groups is 3. The molecule has 684 valence electrons. The molecule has 18 heteroatoms. The molecule has 0 atom stereocenters. The van der Waals surface area contributed by atoms with Gasteiger partial charge in [0.15, 0.2) is 0 Å². The van der Waals surface area contributed by atoms with Crippen LogP contribution in [0.4, 0.5) is 0 Å². The molecule has 0 bridgehead atoms. The summed E-state index contributed by atoms with van der Waals surface area (Å²) in [6.45, 7) is 11.7. The Morgan fingerprint density at radius 2 is 0.327 bits per heavy atom. The fraction of sp³-hybridized carbons (Fsp3) is 1.00. The second kappa shape index (κ2) is 92.9. The Bertz CT molecular complexity index is 1770. The highest BCUT2D eigenvalue weighted by molar-refractivity contribution is 7.60. The van der Waals surface area contributed by atoms with Gasteiger partial charge in [0, 0.05) is 0 Å². The first kappa shape index (κ1) is 117. The molecule has 15 nitrogen and oxygen atoms in total. The summed E-state index contributed by atoms with van der Waals surface area (Å²) in [4.78, 5) is 31.0. The van der Waals surface area contributed by atoms with Gasteiger partial charge in [0.2, 0.25) is 0 Å². The van der Waals surface area contributed by atoms with E-state index in [1.807, 2.05) is 0 Å². The highest BCUT2D eigenvalue weighted by Gasteiger charge is 2.48.